The van der Waals surface area contributed by atoms with Gasteiger partial charge in [-0.05, 0) is 38.1 Å². The van der Waals surface area contributed by atoms with Crippen molar-refractivity contribution in [1.82, 2.24) is 0 Å². The highest BCUT2D eigenvalue weighted by atomic mass is 16.5. The summed E-state index contributed by atoms with van der Waals surface area (Å²) >= 11 is 0. The third-order valence-corrected chi connectivity index (χ3v) is 1.74. The number of hydrogen-bond donors (Lipinski definition) is 0. The maximum Gasteiger partial charge on any atom is 0.338 e. The number of rotatable bonds is 4. The minimum atomic E-state index is -0.359. The highest BCUT2D eigenvalue weighted by molar-refractivity contribution is 5.89. The van der Waals surface area contributed by atoms with Crippen LogP contribution in [0.2, 0.25) is 0 Å². The molecule has 0 spiro atoms. The number of ether oxygens (including phenoxy) is 2. The molecule has 4 heteroatoms. The fraction of sp³-hybridized carbons (Fsp3) is 0.333. The van der Waals surface area contributed by atoms with Crippen molar-refractivity contribution in [2.45, 2.75) is 20.0 Å². The Morgan fingerprint density at radius 1 is 1.38 bits per heavy atom. The molecule has 1 aromatic rings. The molecule has 0 N–H and O–H groups in total. The SMILES string of the molecule is CC(C)OC(=O)c1ccc(OCC#N)cc1. The summed E-state index contributed by atoms with van der Waals surface area (Å²) in [6.07, 6.45) is -0.137. The van der Waals surface area contributed by atoms with E-state index in [0.717, 1.165) is 0 Å². The molecule has 16 heavy (non-hydrogen) atoms. The Morgan fingerprint density at radius 3 is 2.50 bits per heavy atom. The first-order chi connectivity index (χ1) is 7.63. The first-order valence-corrected chi connectivity index (χ1v) is 4.94. The summed E-state index contributed by atoms with van der Waals surface area (Å²) in [7, 11) is 0. The van der Waals surface area contributed by atoms with Crippen molar-refractivity contribution in [2.24, 2.45) is 0 Å². The van der Waals surface area contributed by atoms with E-state index in [2.05, 4.69) is 0 Å². The lowest BCUT2D eigenvalue weighted by Crippen LogP contribution is -2.11. The number of nitriles is 1. The Labute approximate surface area is 94.4 Å². The Bertz CT molecular complexity index is 390. The van der Waals surface area contributed by atoms with Crippen LogP contribution in [0.3, 0.4) is 0 Å². The molecule has 0 aliphatic carbocycles. The molecule has 1 rings (SSSR count). The van der Waals surface area contributed by atoms with E-state index in [9.17, 15) is 4.79 Å². The summed E-state index contributed by atoms with van der Waals surface area (Å²) in [6.45, 7) is 3.58. The van der Waals surface area contributed by atoms with Crippen LogP contribution >= 0.6 is 0 Å². The van der Waals surface area contributed by atoms with Crippen LogP contribution in [0.15, 0.2) is 24.3 Å². The van der Waals surface area contributed by atoms with Gasteiger partial charge < -0.3 is 9.47 Å². The fourth-order valence-electron chi connectivity index (χ4n) is 1.08. The maximum atomic E-state index is 11.5. The smallest absolute Gasteiger partial charge is 0.338 e. The van der Waals surface area contributed by atoms with Gasteiger partial charge in [-0.1, -0.05) is 0 Å². The normalized spacial score (nSPS) is 9.62. The van der Waals surface area contributed by atoms with Crippen LogP contribution in [0.25, 0.3) is 0 Å². The summed E-state index contributed by atoms with van der Waals surface area (Å²) in [6, 6.07) is 8.35. The summed E-state index contributed by atoms with van der Waals surface area (Å²) in [5, 5.41) is 8.32. The number of esters is 1. The molecule has 84 valence electrons. The molecule has 0 amide bonds. The average Bonchev–Trinajstić information content (AvgIpc) is 2.26. The molecular weight excluding hydrogens is 206 g/mol. The monoisotopic (exact) mass is 219 g/mol. The molecule has 0 unspecified atom stereocenters. The lowest BCUT2D eigenvalue weighted by Gasteiger charge is -2.08. The molecule has 0 aliphatic heterocycles. The molecule has 0 fully saturated rings. The highest BCUT2D eigenvalue weighted by Gasteiger charge is 2.08. The molecule has 1 aromatic carbocycles. The zero-order chi connectivity index (χ0) is 12.0. The van der Waals surface area contributed by atoms with E-state index in [4.69, 9.17) is 14.7 Å². The summed E-state index contributed by atoms with van der Waals surface area (Å²) in [4.78, 5) is 11.5. The lowest BCUT2D eigenvalue weighted by molar-refractivity contribution is 0.0378. The second-order valence-corrected chi connectivity index (χ2v) is 3.43. The van der Waals surface area contributed by atoms with E-state index in [1.807, 2.05) is 6.07 Å². The number of nitrogens with zero attached hydrogens (tertiary/aromatic N) is 1. The molecule has 0 aliphatic rings. The van der Waals surface area contributed by atoms with Gasteiger partial charge in [-0.2, -0.15) is 5.26 Å². The van der Waals surface area contributed by atoms with Gasteiger partial charge in [-0.3, -0.25) is 0 Å². The van der Waals surface area contributed by atoms with Crippen molar-refractivity contribution in [3.8, 4) is 11.8 Å². The Hall–Kier alpha value is -2.02. The molecule has 0 saturated carbocycles. The van der Waals surface area contributed by atoms with E-state index in [1.165, 1.54) is 0 Å². The second kappa shape index (κ2) is 5.76. The Morgan fingerprint density at radius 2 is 2.00 bits per heavy atom. The topological polar surface area (TPSA) is 59.3 Å². The van der Waals surface area contributed by atoms with E-state index in [0.29, 0.717) is 11.3 Å². The summed E-state index contributed by atoms with van der Waals surface area (Å²) < 4.78 is 10.1. The first-order valence-electron chi connectivity index (χ1n) is 4.94. The van der Waals surface area contributed by atoms with Crippen LogP contribution in [0.4, 0.5) is 0 Å². The number of benzene rings is 1. The van der Waals surface area contributed by atoms with Crippen LogP contribution in [-0.2, 0) is 4.74 Å². The molecule has 0 heterocycles. The predicted molar refractivity (Wildman–Crippen MR) is 58.1 cm³/mol. The quantitative estimate of drug-likeness (QED) is 0.728. The minimum absolute atomic E-state index is 0.00418. The molecule has 0 saturated heterocycles. The van der Waals surface area contributed by atoms with Crippen molar-refractivity contribution in [3.05, 3.63) is 29.8 Å². The van der Waals surface area contributed by atoms with E-state index >= 15 is 0 Å². The van der Waals surface area contributed by atoms with E-state index in [-0.39, 0.29) is 18.7 Å². The van der Waals surface area contributed by atoms with Crippen molar-refractivity contribution in [3.63, 3.8) is 0 Å². The van der Waals surface area contributed by atoms with Crippen LogP contribution < -0.4 is 4.74 Å². The van der Waals surface area contributed by atoms with E-state index in [1.54, 1.807) is 38.1 Å². The lowest BCUT2D eigenvalue weighted by atomic mass is 10.2. The van der Waals surface area contributed by atoms with Gasteiger partial charge in [0.25, 0.3) is 0 Å². The van der Waals surface area contributed by atoms with Crippen molar-refractivity contribution < 1.29 is 14.3 Å². The zero-order valence-corrected chi connectivity index (χ0v) is 9.27. The molecule has 0 aromatic heterocycles. The van der Waals surface area contributed by atoms with Gasteiger partial charge in [0.1, 0.15) is 11.8 Å². The molecule has 0 atom stereocenters. The van der Waals surface area contributed by atoms with Crippen molar-refractivity contribution in [2.75, 3.05) is 6.61 Å². The largest absolute Gasteiger partial charge is 0.479 e. The standard InChI is InChI=1S/C12H13NO3/c1-9(2)16-12(14)10-3-5-11(6-4-10)15-8-7-13/h3-6,9H,8H2,1-2H3. The van der Waals surface area contributed by atoms with Gasteiger partial charge in [0, 0.05) is 0 Å². The van der Waals surface area contributed by atoms with E-state index < -0.39 is 0 Å². The molecule has 0 radical (unpaired) electrons. The predicted octanol–water partition coefficient (Wildman–Crippen LogP) is 2.15. The van der Waals surface area contributed by atoms with Gasteiger partial charge in [0.15, 0.2) is 6.61 Å². The zero-order valence-electron chi connectivity index (χ0n) is 9.27. The van der Waals surface area contributed by atoms with Crippen molar-refractivity contribution >= 4 is 5.97 Å². The number of hydrogen-bond acceptors (Lipinski definition) is 4. The van der Waals surface area contributed by atoms with Crippen LogP contribution in [0.5, 0.6) is 5.75 Å². The minimum Gasteiger partial charge on any atom is -0.479 e. The third kappa shape index (κ3) is 3.62. The Kier molecular flexibility index (Phi) is 4.34. The van der Waals surface area contributed by atoms with Crippen molar-refractivity contribution in [1.29, 1.82) is 5.26 Å². The summed E-state index contributed by atoms with van der Waals surface area (Å²) in [5.41, 5.74) is 0.470. The fourth-order valence-corrected chi connectivity index (χ4v) is 1.08. The molecule has 4 nitrogen and oxygen atoms in total. The molecular formula is C12H13NO3. The van der Waals surface area contributed by atoms with Crippen LogP contribution in [0, 0.1) is 11.3 Å². The Balaban J connectivity index is 2.64. The highest BCUT2D eigenvalue weighted by Crippen LogP contribution is 2.13. The van der Waals surface area contributed by atoms with Gasteiger partial charge in [-0.15, -0.1) is 0 Å². The van der Waals surface area contributed by atoms with Gasteiger partial charge in [0.05, 0.1) is 11.7 Å². The van der Waals surface area contributed by atoms with Crippen LogP contribution in [-0.4, -0.2) is 18.7 Å². The maximum absolute atomic E-state index is 11.5. The first kappa shape index (κ1) is 12.1. The van der Waals surface area contributed by atoms with Gasteiger partial charge in [-0.25, -0.2) is 4.79 Å². The second-order valence-electron chi connectivity index (χ2n) is 3.43. The number of carbonyl (C=O) groups excluding carboxylic acids is 1. The van der Waals surface area contributed by atoms with Gasteiger partial charge in [0.2, 0.25) is 0 Å². The third-order valence-electron chi connectivity index (χ3n) is 1.74. The average molecular weight is 219 g/mol. The number of carbonyl (C=O) groups is 1. The van der Waals surface area contributed by atoms with Crippen LogP contribution in [0.1, 0.15) is 24.2 Å². The van der Waals surface area contributed by atoms with Gasteiger partial charge >= 0.3 is 5.97 Å². The summed E-state index contributed by atoms with van der Waals surface area (Å²) in [5.74, 6) is 0.199. The molecule has 0 bridgehead atoms.